The van der Waals surface area contributed by atoms with Gasteiger partial charge in [0.15, 0.2) is 17.6 Å². The fourth-order valence-electron chi connectivity index (χ4n) is 4.72. The van der Waals surface area contributed by atoms with Crippen LogP contribution in [-0.2, 0) is 29.2 Å². The average molecular weight is 449 g/mol. The predicted molar refractivity (Wildman–Crippen MR) is 118 cm³/mol. The first-order chi connectivity index (χ1) is 16.0. The van der Waals surface area contributed by atoms with Crippen LogP contribution in [0.25, 0.3) is 22.3 Å². The van der Waals surface area contributed by atoms with Crippen LogP contribution in [0.4, 0.5) is 0 Å². The second-order valence-corrected chi connectivity index (χ2v) is 8.70. The van der Waals surface area contributed by atoms with Crippen molar-refractivity contribution in [3.63, 3.8) is 0 Å². The van der Waals surface area contributed by atoms with Crippen molar-refractivity contribution in [2.75, 3.05) is 6.79 Å². The molecule has 0 aliphatic carbocycles. The first-order valence-electron chi connectivity index (χ1n) is 11.1. The lowest BCUT2D eigenvalue weighted by Gasteiger charge is -2.21. The van der Waals surface area contributed by atoms with E-state index in [1.807, 2.05) is 12.1 Å². The van der Waals surface area contributed by atoms with Gasteiger partial charge in [0.25, 0.3) is 5.56 Å². The van der Waals surface area contributed by atoms with Gasteiger partial charge in [0, 0.05) is 35.2 Å². The molecule has 0 radical (unpaired) electrons. The summed E-state index contributed by atoms with van der Waals surface area (Å²) < 4.78 is 17.8. The first kappa shape index (κ1) is 20.2. The molecule has 0 fully saturated rings. The second kappa shape index (κ2) is 7.29. The highest BCUT2D eigenvalue weighted by Crippen LogP contribution is 2.42. The molecule has 9 heteroatoms. The van der Waals surface area contributed by atoms with E-state index in [2.05, 4.69) is 19.2 Å². The van der Waals surface area contributed by atoms with Gasteiger partial charge in [-0.25, -0.2) is 9.78 Å². The molecule has 0 saturated carbocycles. The summed E-state index contributed by atoms with van der Waals surface area (Å²) >= 11 is 0. The monoisotopic (exact) mass is 449 g/mol. The van der Waals surface area contributed by atoms with Gasteiger partial charge in [0.05, 0.1) is 29.0 Å². The van der Waals surface area contributed by atoms with Gasteiger partial charge in [-0.15, -0.1) is 0 Å². The predicted octanol–water partition coefficient (Wildman–Crippen LogP) is 2.13. The number of ether oxygens (including phenoxy) is 3. The van der Waals surface area contributed by atoms with Crippen LogP contribution in [0, 0.1) is 0 Å². The smallest absolute Gasteiger partial charge is 0.340 e. The standard InChI is InChI=1S/C24H23N3O6/c1-3-11(2)25-7-14-12-5-19-20(33-10-32-19)6-17(12)26-21-15(14)8-27-18(21)4-13-16(23(27)29)9-31-24(30)22(13)28/h4-6,11,22,25,28H,3,7-10H2,1-2H3/t11?,22-/m0/s1. The molecule has 33 heavy (non-hydrogen) atoms. The molecule has 3 aliphatic heterocycles. The van der Waals surface area contributed by atoms with Crippen molar-refractivity contribution in [3.05, 3.63) is 50.8 Å². The molecule has 2 atom stereocenters. The summed E-state index contributed by atoms with van der Waals surface area (Å²) in [5, 5.41) is 14.9. The number of fused-ring (bicyclic) bond motifs is 6. The summed E-state index contributed by atoms with van der Waals surface area (Å²) in [6, 6.07) is 5.82. The molecule has 6 rings (SSSR count). The molecule has 3 aromatic rings. The lowest BCUT2D eigenvalue weighted by molar-refractivity contribution is -0.157. The molecule has 2 aromatic heterocycles. The van der Waals surface area contributed by atoms with Gasteiger partial charge in [-0.05, 0) is 31.0 Å². The Morgan fingerprint density at radius 3 is 2.76 bits per heavy atom. The van der Waals surface area contributed by atoms with E-state index in [0.717, 1.165) is 28.5 Å². The van der Waals surface area contributed by atoms with E-state index in [-0.39, 0.29) is 19.0 Å². The van der Waals surface area contributed by atoms with Crippen LogP contribution in [-0.4, -0.2) is 33.5 Å². The SMILES string of the molecule is CCC(C)NCc1c2c(nc3cc4c(cc13)OCO4)-c1cc3c(c(=O)n1C2)COC(=O)[C@H]3O. The van der Waals surface area contributed by atoms with Crippen molar-refractivity contribution in [2.45, 2.75) is 52.1 Å². The number of aromatic nitrogens is 2. The number of carbonyl (C=O) groups is 1. The number of esters is 1. The molecule has 1 aromatic carbocycles. The number of benzene rings is 1. The molecule has 0 bridgehead atoms. The lowest BCUT2D eigenvalue weighted by atomic mass is 9.98. The third-order valence-electron chi connectivity index (χ3n) is 6.81. The highest BCUT2D eigenvalue weighted by Gasteiger charge is 2.35. The van der Waals surface area contributed by atoms with E-state index < -0.39 is 12.1 Å². The van der Waals surface area contributed by atoms with Crippen molar-refractivity contribution in [1.29, 1.82) is 0 Å². The molecule has 2 N–H and O–H groups in total. The van der Waals surface area contributed by atoms with Crippen molar-refractivity contribution in [2.24, 2.45) is 0 Å². The molecular formula is C24H23N3O6. The number of aliphatic hydroxyl groups excluding tert-OH is 1. The number of pyridine rings is 2. The fourth-order valence-corrected chi connectivity index (χ4v) is 4.72. The minimum atomic E-state index is -1.47. The normalized spacial score (nSPS) is 18.6. The largest absolute Gasteiger partial charge is 0.458 e. The Bertz CT molecular complexity index is 1400. The maximum absolute atomic E-state index is 13.3. The quantitative estimate of drug-likeness (QED) is 0.456. The molecule has 3 aliphatic rings. The number of aliphatic hydroxyl groups is 1. The minimum absolute atomic E-state index is 0.139. The Kier molecular flexibility index (Phi) is 4.46. The van der Waals surface area contributed by atoms with E-state index in [1.165, 1.54) is 0 Å². The first-order valence-corrected chi connectivity index (χ1v) is 11.1. The molecule has 0 saturated heterocycles. The zero-order chi connectivity index (χ0) is 22.9. The topological polar surface area (TPSA) is 112 Å². The molecule has 5 heterocycles. The Morgan fingerprint density at radius 1 is 1.18 bits per heavy atom. The summed E-state index contributed by atoms with van der Waals surface area (Å²) in [4.78, 5) is 30.1. The molecular weight excluding hydrogens is 426 g/mol. The zero-order valence-corrected chi connectivity index (χ0v) is 18.3. The van der Waals surface area contributed by atoms with Gasteiger partial charge < -0.3 is 29.2 Å². The molecule has 0 amide bonds. The van der Waals surface area contributed by atoms with Crippen LogP contribution >= 0.6 is 0 Å². The van der Waals surface area contributed by atoms with E-state index >= 15 is 0 Å². The summed E-state index contributed by atoms with van der Waals surface area (Å²) in [5.41, 5.74) is 4.32. The number of nitrogens with zero attached hydrogens (tertiary/aromatic N) is 2. The zero-order valence-electron chi connectivity index (χ0n) is 18.3. The summed E-state index contributed by atoms with van der Waals surface area (Å²) in [6.45, 7) is 5.24. The summed E-state index contributed by atoms with van der Waals surface area (Å²) in [5.74, 6) is 0.563. The van der Waals surface area contributed by atoms with Crippen LogP contribution in [0.15, 0.2) is 23.0 Å². The van der Waals surface area contributed by atoms with Crippen molar-refractivity contribution in [3.8, 4) is 22.9 Å². The van der Waals surface area contributed by atoms with E-state index in [4.69, 9.17) is 19.2 Å². The van der Waals surface area contributed by atoms with Gasteiger partial charge in [-0.3, -0.25) is 4.79 Å². The van der Waals surface area contributed by atoms with Crippen molar-refractivity contribution < 1.29 is 24.1 Å². The number of carbonyl (C=O) groups excluding carboxylic acids is 1. The highest BCUT2D eigenvalue weighted by atomic mass is 16.7. The van der Waals surface area contributed by atoms with Crippen LogP contribution in [0.1, 0.15) is 48.6 Å². The second-order valence-electron chi connectivity index (χ2n) is 8.70. The van der Waals surface area contributed by atoms with Crippen LogP contribution in [0.2, 0.25) is 0 Å². The molecule has 9 nitrogen and oxygen atoms in total. The van der Waals surface area contributed by atoms with Gasteiger partial charge in [-0.1, -0.05) is 6.92 Å². The molecule has 1 unspecified atom stereocenters. The molecule has 0 spiro atoms. The lowest BCUT2D eigenvalue weighted by Crippen LogP contribution is -2.32. The Balaban J connectivity index is 1.58. The van der Waals surface area contributed by atoms with E-state index in [9.17, 15) is 14.7 Å². The van der Waals surface area contributed by atoms with Crippen LogP contribution < -0.4 is 20.3 Å². The Hall–Kier alpha value is -3.43. The van der Waals surface area contributed by atoms with Gasteiger partial charge in [-0.2, -0.15) is 0 Å². The number of hydrogen-bond donors (Lipinski definition) is 2. The van der Waals surface area contributed by atoms with Crippen molar-refractivity contribution in [1.82, 2.24) is 14.9 Å². The van der Waals surface area contributed by atoms with E-state index in [0.29, 0.717) is 53.1 Å². The number of hydrogen-bond acceptors (Lipinski definition) is 8. The van der Waals surface area contributed by atoms with Gasteiger partial charge in [0.2, 0.25) is 6.79 Å². The third-order valence-corrected chi connectivity index (χ3v) is 6.81. The van der Waals surface area contributed by atoms with Crippen LogP contribution in [0.3, 0.4) is 0 Å². The van der Waals surface area contributed by atoms with Gasteiger partial charge >= 0.3 is 5.97 Å². The number of nitrogens with one attached hydrogen (secondary N) is 1. The maximum Gasteiger partial charge on any atom is 0.340 e. The average Bonchev–Trinajstić information content (AvgIpc) is 3.42. The fraction of sp³-hybridized carbons (Fsp3) is 0.375. The highest BCUT2D eigenvalue weighted by molar-refractivity contribution is 5.91. The Morgan fingerprint density at radius 2 is 1.97 bits per heavy atom. The number of rotatable bonds is 4. The van der Waals surface area contributed by atoms with Gasteiger partial charge in [0.1, 0.15) is 6.61 Å². The number of cyclic esters (lactones) is 1. The summed E-state index contributed by atoms with van der Waals surface area (Å²) in [6.07, 6.45) is -0.493. The van der Waals surface area contributed by atoms with Crippen molar-refractivity contribution >= 4 is 16.9 Å². The Labute approximate surface area is 188 Å². The van der Waals surface area contributed by atoms with E-state index in [1.54, 1.807) is 10.6 Å². The van der Waals surface area contributed by atoms with Crippen LogP contribution in [0.5, 0.6) is 11.5 Å². The summed E-state index contributed by atoms with van der Waals surface area (Å²) in [7, 11) is 0. The maximum atomic E-state index is 13.3. The third kappa shape index (κ3) is 2.96. The molecule has 170 valence electrons. The minimum Gasteiger partial charge on any atom is -0.458 e.